The molecule has 1 aromatic heterocycles. The van der Waals surface area contributed by atoms with Crippen LogP contribution >= 0.6 is 6.04 Å². The molecule has 9 rings (SSSR count). The van der Waals surface area contributed by atoms with Gasteiger partial charge in [0.05, 0.1) is 11.3 Å². The van der Waals surface area contributed by atoms with Crippen LogP contribution in [0.15, 0.2) is 132 Å². The molecule has 41 heavy (non-hydrogen) atoms. The number of fused-ring (bicyclic) bond motifs is 7. The highest BCUT2D eigenvalue weighted by Crippen LogP contribution is 2.58. The summed E-state index contributed by atoms with van der Waals surface area (Å²) in [5.41, 5.74) is 6.25. The van der Waals surface area contributed by atoms with Crippen molar-refractivity contribution in [3.05, 3.63) is 127 Å². The Morgan fingerprint density at radius 3 is 1.98 bits per heavy atom. The van der Waals surface area contributed by atoms with Crippen molar-refractivity contribution >= 4 is 55.7 Å². The molecule has 1 unspecified atom stereocenters. The van der Waals surface area contributed by atoms with Crippen molar-refractivity contribution in [2.24, 2.45) is 0 Å². The Hall–Kier alpha value is -4.63. The van der Waals surface area contributed by atoms with E-state index in [9.17, 15) is 0 Å². The lowest BCUT2D eigenvalue weighted by Crippen LogP contribution is -2.34. The van der Waals surface area contributed by atoms with Crippen LogP contribution in [0.4, 0.5) is 0 Å². The number of hydrogen-bond donors (Lipinski definition) is 0. The fraction of sp³-hybridized carbons (Fsp3) is 0. The van der Waals surface area contributed by atoms with Crippen LogP contribution < -0.4 is 25.4 Å². The Morgan fingerprint density at radius 1 is 0.488 bits per heavy atom. The normalized spacial score (nSPS) is 16.4. The van der Waals surface area contributed by atoms with Gasteiger partial charge in [0.15, 0.2) is 0 Å². The van der Waals surface area contributed by atoms with Crippen LogP contribution in [0.3, 0.4) is 0 Å². The minimum absolute atomic E-state index is 0.796. The summed E-state index contributed by atoms with van der Waals surface area (Å²) < 4.78 is 19.0. The van der Waals surface area contributed by atoms with Gasteiger partial charge in [0.2, 0.25) is 0 Å². The van der Waals surface area contributed by atoms with Gasteiger partial charge in [0.1, 0.15) is 34.2 Å². The zero-order chi connectivity index (χ0) is 27.1. The van der Waals surface area contributed by atoms with Crippen molar-refractivity contribution in [1.82, 2.24) is 0 Å². The Balaban J connectivity index is 1.17. The Kier molecular flexibility index (Phi) is 4.76. The average Bonchev–Trinajstić information content (AvgIpc) is 3.40. The van der Waals surface area contributed by atoms with Crippen LogP contribution in [0, 0.1) is 0 Å². The molecule has 3 heterocycles. The Labute approximate surface area is 241 Å². The first-order chi connectivity index (χ1) is 20.2. The lowest BCUT2D eigenvalue weighted by atomic mass is 9.99. The largest absolute Gasteiger partial charge is 0.456 e. The third-order valence-electron chi connectivity index (χ3n) is 8.15. The van der Waals surface area contributed by atoms with Crippen molar-refractivity contribution in [2.45, 2.75) is 0 Å². The summed E-state index contributed by atoms with van der Waals surface area (Å²) in [6.45, 7) is 0. The highest BCUT2D eigenvalue weighted by atomic mass is 32.4. The second-order valence-electron chi connectivity index (χ2n) is 10.4. The molecule has 0 saturated heterocycles. The molecule has 3 nitrogen and oxygen atoms in total. The Bertz CT molecular complexity index is 2230. The molecule has 0 N–H and O–H groups in total. The second-order valence-corrected chi connectivity index (χ2v) is 14.7. The van der Waals surface area contributed by atoms with Crippen molar-refractivity contribution in [3.8, 4) is 45.3 Å². The van der Waals surface area contributed by atoms with Gasteiger partial charge in [0, 0.05) is 26.9 Å². The van der Waals surface area contributed by atoms with Crippen molar-refractivity contribution in [2.75, 3.05) is 0 Å². The summed E-state index contributed by atoms with van der Waals surface area (Å²) in [4.78, 5) is 0. The molecule has 0 aliphatic carbocycles. The lowest BCUT2D eigenvalue weighted by molar-refractivity contribution is 0.466. The fourth-order valence-electron chi connectivity index (χ4n) is 6.23. The van der Waals surface area contributed by atoms with Crippen LogP contribution in [0.2, 0.25) is 0 Å². The predicted octanol–water partition coefficient (Wildman–Crippen LogP) is 8.89. The first-order valence-electron chi connectivity index (χ1n) is 13.5. The van der Waals surface area contributed by atoms with Crippen molar-refractivity contribution < 1.29 is 13.9 Å². The van der Waals surface area contributed by atoms with Gasteiger partial charge in [-0.2, -0.15) is 0 Å². The SMILES string of the molecule is S=P12c3ccccc3Oc3cccc(c31)Oc1ccc(-c3ccc(-c4cccc5c4oc4ccccc45)cc3)cc12. The first-order valence-corrected chi connectivity index (χ1v) is 16.3. The molecule has 7 aromatic rings. The van der Waals surface area contributed by atoms with Gasteiger partial charge < -0.3 is 13.9 Å². The summed E-state index contributed by atoms with van der Waals surface area (Å²) in [5.74, 6) is 3.25. The van der Waals surface area contributed by atoms with E-state index in [1.807, 2.05) is 48.5 Å². The standard InChI is InChI=1S/C36H21O3PS/c41-40-33-14-4-3-11-29(33)37-31-12-6-13-32(36(31)40)38-30-20-19-24(21-34(30)40)22-15-17-23(18-16-22)25-8-5-9-27-26-7-1-2-10-28(26)39-35(25)27/h1-21H. The molecule has 2 aliphatic rings. The average molecular weight is 565 g/mol. The topological polar surface area (TPSA) is 31.6 Å². The molecule has 0 spiro atoms. The third kappa shape index (κ3) is 3.23. The highest BCUT2D eigenvalue weighted by Gasteiger charge is 2.42. The van der Waals surface area contributed by atoms with E-state index in [4.69, 9.17) is 25.7 Å². The highest BCUT2D eigenvalue weighted by molar-refractivity contribution is 8.26. The molecular formula is C36H21O3PS. The van der Waals surface area contributed by atoms with E-state index in [1.165, 1.54) is 0 Å². The molecule has 0 bridgehead atoms. The second kappa shape index (κ2) is 8.44. The molecule has 5 heteroatoms. The maximum Gasteiger partial charge on any atom is 0.143 e. The van der Waals surface area contributed by atoms with Gasteiger partial charge in [0.25, 0.3) is 0 Å². The molecule has 2 aliphatic heterocycles. The summed E-state index contributed by atoms with van der Waals surface area (Å²) >= 11 is 6.67. The number of hydrogen-bond acceptors (Lipinski definition) is 4. The molecule has 0 amide bonds. The van der Waals surface area contributed by atoms with Gasteiger partial charge in [-0.1, -0.05) is 96.7 Å². The summed E-state index contributed by atoms with van der Waals surface area (Å²) in [7, 11) is 0. The maximum atomic E-state index is 6.67. The fourth-order valence-corrected chi connectivity index (χ4v) is 10.7. The molecule has 0 fully saturated rings. The smallest absolute Gasteiger partial charge is 0.143 e. The van der Waals surface area contributed by atoms with Crippen molar-refractivity contribution in [1.29, 1.82) is 0 Å². The number of para-hydroxylation sites is 3. The van der Waals surface area contributed by atoms with E-state index in [-0.39, 0.29) is 0 Å². The molecule has 0 saturated carbocycles. The van der Waals surface area contributed by atoms with Crippen LogP contribution in [0.1, 0.15) is 0 Å². The maximum absolute atomic E-state index is 6.67. The van der Waals surface area contributed by atoms with Gasteiger partial charge in [-0.3, -0.25) is 0 Å². The zero-order valence-corrected chi connectivity index (χ0v) is 23.4. The summed E-state index contributed by atoms with van der Waals surface area (Å²) in [6, 6.07) is 41.4. The number of benzene rings is 6. The Morgan fingerprint density at radius 2 is 1.12 bits per heavy atom. The first kappa shape index (κ1) is 23.1. The van der Waals surface area contributed by atoms with Gasteiger partial charge in [-0.15, -0.1) is 0 Å². The van der Waals surface area contributed by atoms with E-state index >= 15 is 0 Å². The van der Waals surface area contributed by atoms with Gasteiger partial charge >= 0.3 is 0 Å². The minimum Gasteiger partial charge on any atom is -0.456 e. The molecule has 0 radical (unpaired) electrons. The molecule has 194 valence electrons. The lowest BCUT2D eigenvalue weighted by Gasteiger charge is -2.37. The zero-order valence-electron chi connectivity index (χ0n) is 21.7. The quantitative estimate of drug-likeness (QED) is 0.196. The van der Waals surface area contributed by atoms with Crippen LogP contribution in [0.5, 0.6) is 23.0 Å². The number of rotatable bonds is 2. The van der Waals surface area contributed by atoms with E-state index < -0.39 is 6.04 Å². The van der Waals surface area contributed by atoms with Crippen LogP contribution in [-0.4, -0.2) is 0 Å². The van der Waals surface area contributed by atoms with E-state index in [1.54, 1.807) is 0 Å². The van der Waals surface area contributed by atoms with E-state index in [2.05, 4.69) is 78.9 Å². The molecular weight excluding hydrogens is 543 g/mol. The minimum atomic E-state index is -2.39. The van der Waals surface area contributed by atoms with Gasteiger partial charge in [-0.25, -0.2) is 0 Å². The monoisotopic (exact) mass is 564 g/mol. The van der Waals surface area contributed by atoms with E-state index in [0.29, 0.717) is 0 Å². The number of ether oxygens (including phenoxy) is 2. The van der Waals surface area contributed by atoms with Crippen molar-refractivity contribution in [3.63, 3.8) is 0 Å². The predicted molar refractivity (Wildman–Crippen MR) is 171 cm³/mol. The van der Waals surface area contributed by atoms with Gasteiger partial charge in [-0.05, 0) is 59.2 Å². The summed E-state index contributed by atoms with van der Waals surface area (Å²) in [6.07, 6.45) is 0. The van der Waals surface area contributed by atoms with Crippen LogP contribution in [0.25, 0.3) is 44.2 Å². The van der Waals surface area contributed by atoms with E-state index in [0.717, 1.165) is 83.1 Å². The third-order valence-corrected chi connectivity index (χ3v) is 13.0. The number of furan rings is 1. The molecule has 1 atom stereocenters. The summed E-state index contributed by atoms with van der Waals surface area (Å²) in [5, 5.41) is 5.42. The molecule has 6 aromatic carbocycles. The van der Waals surface area contributed by atoms with Crippen LogP contribution in [-0.2, 0) is 11.8 Å².